The first-order chi connectivity index (χ1) is 11.1. The lowest BCUT2D eigenvalue weighted by Crippen LogP contribution is -2.48. The molecule has 3 N–H and O–H groups in total. The molecule has 0 amide bonds. The maximum atomic E-state index is 13.2. The second-order valence-corrected chi connectivity index (χ2v) is 8.82. The molecule has 6 unspecified atom stereocenters. The van der Waals surface area contributed by atoms with E-state index in [1.807, 2.05) is 20.8 Å². The lowest BCUT2D eigenvalue weighted by atomic mass is 9.66. The number of allylic oxidation sites excluding steroid dienone is 1. The van der Waals surface area contributed by atoms with Crippen LogP contribution in [-0.2, 0) is 9.53 Å². The van der Waals surface area contributed by atoms with E-state index in [4.69, 9.17) is 4.74 Å². The average Bonchev–Trinajstić information content (AvgIpc) is 3.17. The lowest BCUT2D eigenvalue weighted by molar-refractivity contribution is -0.139. The summed E-state index contributed by atoms with van der Waals surface area (Å²) < 4.78 is 5.92. The molecule has 3 aliphatic carbocycles. The van der Waals surface area contributed by atoms with Crippen molar-refractivity contribution in [2.75, 3.05) is 6.61 Å². The summed E-state index contributed by atoms with van der Waals surface area (Å²) in [5, 5.41) is 31.9. The van der Waals surface area contributed by atoms with E-state index in [1.54, 1.807) is 0 Å². The molecule has 2 saturated carbocycles. The molecule has 0 aromatic heterocycles. The lowest BCUT2D eigenvalue weighted by Gasteiger charge is -2.39. The topological polar surface area (TPSA) is 87.0 Å². The van der Waals surface area contributed by atoms with Crippen LogP contribution < -0.4 is 0 Å². The molecule has 4 aliphatic rings. The largest absolute Gasteiger partial charge is 0.392 e. The average molecular weight is 336 g/mol. The molecule has 4 rings (SSSR count). The van der Waals surface area contributed by atoms with Crippen molar-refractivity contribution in [1.82, 2.24) is 0 Å². The van der Waals surface area contributed by atoms with Crippen molar-refractivity contribution in [3.63, 3.8) is 0 Å². The molecule has 0 aromatic carbocycles. The number of rotatable bonds is 0. The Morgan fingerprint density at radius 3 is 2.46 bits per heavy atom. The van der Waals surface area contributed by atoms with Crippen LogP contribution in [0.1, 0.15) is 40.5 Å². The van der Waals surface area contributed by atoms with Crippen LogP contribution in [0, 0.1) is 28.6 Å². The minimum absolute atomic E-state index is 0.0443. The van der Waals surface area contributed by atoms with Crippen LogP contribution in [-0.4, -0.2) is 52.1 Å². The molecule has 1 aliphatic heterocycles. The van der Waals surface area contributed by atoms with Gasteiger partial charge in [0, 0.05) is 24.7 Å². The van der Waals surface area contributed by atoms with Gasteiger partial charge in [0.15, 0.2) is 0 Å². The van der Waals surface area contributed by atoms with E-state index in [-0.39, 0.29) is 41.5 Å². The fraction of sp³-hybridized carbons (Fsp3) is 0.842. The van der Waals surface area contributed by atoms with Gasteiger partial charge in [-0.15, -0.1) is 0 Å². The van der Waals surface area contributed by atoms with E-state index >= 15 is 0 Å². The molecular formula is C19H28O5. The molecule has 3 fully saturated rings. The molecule has 0 radical (unpaired) electrons. The summed E-state index contributed by atoms with van der Waals surface area (Å²) in [7, 11) is 0. The number of carbonyl (C=O) groups is 1. The number of ether oxygens (including phenoxy) is 1. The third-order valence-corrected chi connectivity index (χ3v) is 7.87. The predicted octanol–water partition coefficient (Wildman–Crippen LogP) is 1.06. The van der Waals surface area contributed by atoms with E-state index in [1.165, 1.54) is 0 Å². The fourth-order valence-corrected chi connectivity index (χ4v) is 6.14. The van der Waals surface area contributed by atoms with Crippen LogP contribution in [0.15, 0.2) is 11.1 Å². The van der Waals surface area contributed by atoms with Crippen LogP contribution in [0.5, 0.6) is 0 Å². The van der Waals surface area contributed by atoms with Gasteiger partial charge in [-0.2, -0.15) is 0 Å². The van der Waals surface area contributed by atoms with Crippen molar-refractivity contribution < 1.29 is 24.9 Å². The molecular weight excluding hydrogens is 308 g/mol. The third-order valence-electron chi connectivity index (χ3n) is 7.87. The first-order valence-corrected chi connectivity index (χ1v) is 9.04. The summed E-state index contributed by atoms with van der Waals surface area (Å²) in [6.45, 7) is 8.16. The standard InChI is InChI=1S/C19H28O5/c1-8-5-12(20)18(3)11(7-24-8)14-15-17(23)16(22)9(2)10(6-13(18)21)19(14,15)4/h8,11-12,14-17,20,22-23H,5-7H2,1-4H3/t8?,11?,12?,14?,15?,16-,17?,18+,19-/m1/s1. The fourth-order valence-electron chi connectivity index (χ4n) is 6.14. The number of Topliss-reactive ketones (excluding diaryl/α,β-unsaturated/α-hetero) is 1. The van der Waals surface area contributed by atoms with Crippen molar-refractivity contribution in [2.45, 2.75) is 65.0 Å². The SMILES string of the molecule is CC1=C2CC(=O)[C@]3(C)C(O)CC(C)OCC3C3C(C(O)[C@@H]1O)[C@]23C. The maximum Gasteiger partial charge on any atom is 0.145 e. The minimum Gasteiger partial charge on any atom is -0.392 e. The molecule has 5 nitrogen and oxygen atoms in total. The zero-order chi connectivity index (χ0) is 17.6. The molecule has 9 atom stereocenters. The highest BCUT2D eigenvalue weighted by Gasteiger charge is 2.76. The number of hydrogen-bond acceptors (Lipinski definition) is 5. The van der Waals surface area contributed by atoms with Crippen LogP contribution in [0.4, 0.5) is 0 Å². The van der Waals surface area contributed by atoms with E-state index in [2.05, 4.69) is 6.92 Å². The van der Waals surface area contributed by atoms with Gasteiger partial charge >= 0.3 is 0 Å². The maximum absolute atomic E-state index is 13.2. The van der Waals surface area contributed by atoms with Gasteiger partial charge in [0.25, 0.3) is 0 Å². The van der Waals surface area contributed by atoms with Crippen LogP contribution >= 0.6 is 0 Å². The molecule has 24 heavy (non-hydrogen) atoms. The van der Waals surface area contributed by atoms with Crippen molar-refractivity contribution >= 4 is 5.78 Å². The zero-order valence-corrected chi connectivity index (χ0v) is 14.8. The van der Waals surface area contributed by atoms with E-state index in [9.17, 15) is 20.1 Å². The number of carbonyl (C=O) groups excluding carboxylic acids is 1. The minimum atomic E-state index is -0.893. The molecule has 1 saturated heterocycles. The quantitative estimate of drug-likeness (QED) is 0.576. The van der Waals surface area contributed by atoms with Gasteiger partial charge in [0.1, 0.15) is 11.9 Å². The van der Waals surface area contributed by atoms with Gasteiger partial charge in [-0.1, -0.05) is 12.5 Å². The summed E-state index contributed by atoms with van der Waals surface area (Å²) in [5.74, 6) is -0.0909. The molecule has 134 valence electrons. The summed E-state index contributed by atoms with van der Waals surface area (Å²) in [6, 6.07) is 0. The number of ketones is 1. The number of hydrogen-bond donors (Lipinski definition) is 3. The first-order valence-electron chi connectivity index (χ1n) is 9.04. The van der Waals surface area contributed by atoms with Gasteiger partial charge < -0.3 is 20.1 Å². The van der Waals surface area contributed by atoms with Crippen molar-refractivity contribution in [1.29, 1.82) is 0 Å². The first kappa shape index (κ1) is 16.7. The normalized spacial score (nSPS) is 57.0. The summed E-state index contributed by atoms with van der Waals surface area (Å²) in [4.78, 5) is 13.2. The number of aliphatic hydroxyl groups excluding tert-OH is 3. The molecule has 0 aromatic rings. The Bertz CT molecular complexity index is 627. The second kappa shape index (κ2) is 4.91. The van der Waals surface area contributed by atoms with E-state index < -0.39 is 23.7 Å². The Hall–Kier alpha value is -0.750. The molecule has 0 spiro atoms. The van der Waals surface area contributed by atoms with Crippen LogP contribution in [0.25, 0.3) is 0 Å². The molecule has 5 heteroatoms. The Labute approximate surface area is 142 Å². The van der Waals surface area contributed by atoms with Crippen molar-refractivity contribution in [2.24, 2.45) is 28.6 Å². The van der Waals surface area contributed by atoms with E-state index in [0.29, 0.717) is 13.0 Å². The summed E-state index contributed by atoms with van der Waals surface area (Å²) in [5.41, 5.74) is 0.600. The highest BCUT2D eigenvalue weighted by atomic mass is 16.5. The van der Waals surface area contributed by atoms with Gasteiger partial charge in [-0.25, -0.2) is 0 Å². The Kier molecular flexibility index (Phi) is 3.42. The van der Waals surface area contributed by atoms with Gasteiger partial charge in [-0.05, 0) is 37.7 Å². The van der Waals surface area contributed by atoms with Crippen LogP contribution in [0.3, 0.4) is 0 Å². The number of fused-ring (bicyclic) bond motifs is 3. The molecule has 1 heterocycles. The Morgan fingerprint density at radius 1 is 1.12 bits per heavy atom. The summed E-state index contributed by atoms with van der Waals surface area (Å²) >= 11 is 0. The zero-order valence-electron chi connectivity index (χ0n) is 14.8. The van der Waals surface area contributed by atoms with Gasteiger partial charge in [0.2, 0.25) is 0 Å². The van der Waals surface area contributed by atoms with Crippen LogP contribution in [0.2, 0.25) is 0 Å². The Balaban J connectivity index is 1.87. The van der Waals surface area contributed by atoms with Gasteiger partial charge in [-0.3, -0.25) is 4.79 Å². The van der Waals surface area contributed by atoms with Gasteiger partial charge in [0.05, 0.1) is 30.3 Å². The molecule has 0 bridgehead atoms. The van der Waals surface area contributed by atoms with E-state index in [0.717, 1.165) is 11.1 Å². The van der Waals surface area contributed by atoms with Crippen molar-refractivity contribution in [3.8, 4) is 0 Å². The number of aliphatic hydroxyl groups is 3. The predicted molar refractivity (Wildman–Crippen MR) is 87.1 cm³/mol. The Morgan fingerprint density at radius 2 is 1.79 bits per heavy atom. The van der Waals surface area contributed by atoms with Crippen molar-refractivity contribution in [3.05, 3.63) is 11.1 Å². The highest BCUT2D eigenvalue weighted by Crippen LogP contribution is 2.75. The third kappa shape index (κ3) is 1.77. The second-order valence-electron chi connectivity index (χ2n) is 8.82. The monoisotopic (exact) mass is 336 g/mol. The smallest absolute Gasteiger partial charge is 0.145 e. The summed E-state index contributed by atoms with van der Waals surface area (Å²) in [6.07, 6.45) is -1.81. The highest BCUT2D eigenvalue weighted by molar-refractivity contribution is 5.89.